The highest BCUT2D eigenvalue weighted by atomic mass is 19.4. The zero-order chi connectivity index (χ0) is 53.8. The van der Waals surface area contributed by atoms with Gasteiger partial charge in [-0.05, 0) is 84.9 Å². The number of imidazole rings is 1. The number of methoxy groups -OCH3 is 2. The third kappa shape index (κ3) is 12.5. The fraction of sp³-hybridized carbons (Fsp3) is 0.500. The summed E-state index contributed by atoms with van der Waals surface area (Å²) in [4.78, 5) is 98.5. The van der Waals surface area contributed by atoms with Crippen LogP contribution in [0.4, 0.5) is 34.3 Å². The Balaban J connectivity index is 0.991. The van der Waals surface area contributed by atoms with Crippen molar-refractivity contribution < 1.29 is 56.1 Å². The number of halogens is 3. The van der Waals surface area contributed by atoms with E-state index in [1.165, 1.54) is 32.5 Å². The van der Waals surface area contributed by atoms with Crippen LogP contribution < -0.4 is 25.6 Å². The van der Waals surface area contributed by atoms with E-state index in [4.69, 9.17) is 9.47 Å². The van der Waals surface area contributed by atoms with Gasteiger partial charge >= 0.3 is 18.5 Å². The van der Waals surface area contributed by atoms with Gasteiger partial charge in [0.1, 0.15) is 35.5 Å². The molecular weight excluding hydrogens is 966 g/mol. The van der Waals surface area contributed by atoms with Crippen molar-refractivity contribution in [3.63, 3.8) is 0 Å². The number of H-pyrrole nitrogens is 1. The number of piperazine rings is 1. The summed E-state index contributed by atoms with van der Waals surface area (Å²) in [5.41, 5.74) is 1.69. The summed E-state index contributed by atoms with van der Waals surface area (Å²) in [6, 6.07) is 10.9. The molecule has 19 nitrogen and oxygen atoms in total. The third-order valence-corrected chi connectivity index (χ3v) is 13.7. The lowest BCUT2D eigenvalue weighted by Crippen LogP contribution is -2.59. The highest BCUT2D eigenvalue weighted by Crippen LogP contribution is 2.43. The lowest BCUT2D eigenvalue weighted by molar-refractivity contribution is -0.274. The quantitative estimate of drug-likeness (QED) is 0.0972. The van der Waals surface area contributed by atoms with Gasteiger partial charge in [0, 0.05) is 49.9 Å². The Kier molecular flexibility index (Phi) is 16.5. The number of ether oxygens (including phenoxy) is 3. The predicted molar refractivity (Wildman–Crippen MR) is 268 cm³/mol. The van der Waals surface area contributed by atoms with Crippen LogP contribution in [0, 0.1) is 17.3 Å². The highest BCUT2D eigenvalue weighted by Gasteiger charge is 2.45. The van der Waals surface area contributed by atoms with Crippen molar-refractivity contribution in [1.82, 2.24) is 40.3 Å². The molecular formula is C52H65F3N10O9. The molecule has 4 aromatic rings. The second kappa shape index (κ2) is 22.4. The maximum Gasteiger partial charge on any atom is 0.573 e. The van der Waals surface area contributed by atoms with E-state index in [-0.39, 0.29) is 52.1 Å². The van der Waals surface area contributed by atoms with Gasteiger partial charge in [-0.25, -0.2) is 19.6 Å². The average molecular weight is 1030 g/mol. The summed E-state index contributed by atoms with van der Waals surface area (Å²) in [5, 5.41) is 7.96. The van der Waals surface area contributed by atoms with Crippen molar-refractivity contribution in [1.29, 1.82) is 0 Å². The van der Waals surface area contributed by atoms with Gasteiger partial charge in [0.05, 0.1) is 44.0 Å². The first-order valence-corrected chi connectivity index (χ1v) is 24.7. The molecule has 3 saturated heterocycles. The molecule has 5 heterocycles. The van der Waals surface area contributed by atoms with Crippen molar-refractivity contribution in [3.8, 4) is 28.1 Å². The molecule has 4 N–H and O–H groups in total. The molecule has 2 aromatic carbocycles. The SMILES string of the molecule is COC(=O)N[C@H](C(=O)N1CCCC1C(=O)N1CCN(c2ccc(NC(=O)c3ccc(-c4ccc(-c5cnc([C@@H]6CC(C)(C)CN6C(=O)[C@@H](NC(=O)OC)C(C)C)[nH]5)cc4)c(OC(F)(F)F)c3)cn2)[C@H](C)C1)C(C)C. The second-order valence-corrected chi connectivity index (χ2v) is 20.5. The van der Waals surface area contributed by atoms with Crippen LogP contribution in [0.2, 0.25) is 0 Å². The molecule has 7 rings (SSSR count). The topological polar surface area (TPSA) is 221 Å². The maximum atomic E-state index is 13.9. The van der Waals surface area contributed by atoms with Gasteiger partial charge in [0.2, 0.25) is 17.7 Å². The van der Waals surface area contributed by atoms with Gasteiger partial charge in [-0.15, -0.1) is 13.2 Å². The van der Waals surface area contributed by atoms with Crippen LogP contribution in [0.15, 0.2) is 67.0 Å². The lowest BCUT2D eigenvalue weighted by Gasteiger charge is -2.42. The summed E-state index contributed by atoms with van der Waals surface area (Å²) in [5.74, 6) is -1.36. The molecule has 6 amide bonds. The summed E-state index contributed by atoms with van der Waals surface area (Å²) in [6.07, 6.45) is -1.67. The van der Waals surface area contributed by atoms with Gasteiger partial charge in [-0.3, -0.25) is 19.2 Å². The number of pyridine rings is 1. The van der Waals surface area contributed by atoms with Gasteiger partial charge < -0.3 is 54.7 Å². The first kappa shape index (κ1) is 54.4. The minimum Gasteiger partial charge on any atom is -0.453 e. The zero-order valence-electron chi connectivity index (χ0n) is 43.0. The fourth-order valence-electron chi connectivity index (χ4n) is 9.92. The Bertz CT molecular complexity index is 2700. The first-order valence-electron chi connectivity index (χ1n) is 24.7. The minimum absolute atomic E-state index is 0.0852. The minimum atomic E-state index is -5.07. The molecule has 0 bridgehead atoms. The molecule has 3 fully saturated rings. The Morgan fingerprint density at radius 1 is 0.797 bits per heavy atom. The molecule has 0 aliphatic carbocycles. The van der Waals surface area contributed by atoms with Crippen molar-refractivity contribution in [2.75, 3.05) is 57.2 Å². The number of benzene rings is 2. The van der Waals surface area contributed by atoms with Gasteiger partial charge in [-0.2, -0.15) is 0 Å². The Labute approximate surface area is 427 Å². The molecule has 74 heavy (non-hydrogen) atoms. The van der Waals surface area contributed by atoms with E-state index in [0.717, 1.165) is 6.07 Å². The standard InChI is InChI=1S/C52H65F3N10O9/c1-29(2)42(60-49(70)72-8)47(68)64-20-10-11-38(64)46(67)62-21-22-63(31(5)27-62)41-19-17-35(25-56-41)58-45(66)34-16-18-36(40(23-34)74-52(53,54)55)32-12-14-33(15-13-32)37-26-57-44(59-37)39-24-51(6,7)28-65(39)48(69)43(30(3)4)61-50(71)73-9/h12-19,23,25-26,29-31,38-39,42-43H,10-11,20-22,24,27-28H2,1-9H3,(H,57,59)(H,58,66)(H,60,70)(H,61,71)/t31-,38?,39+,42+,43+/m1/s1. The van der Waals surface area contributed by atoms with Crippen molar-refractivity contribution in [2.45, 2.75) is 104 Å². The van der Waals surface area contributed by atoms with Crippen LogP contribution in [-0.2, 0) is 23.9 Å². The van der Waals surface area contributed by atoms with Crippen molar-refractivity contribution in [2.24, 2.45) is 17.3 Å². The number of hydrogen-bond acceptors (Lipinski definition) is 12. The van der Waals surface area contributed by atoms with E-state index in [0.29, 0.717) is 86.1 Å². The number of amides is 6. The third-order valence-electron chi connectivity index (χ3n) is 13.7. The number of anilines is 2. The average Bonchev–Trinajstić information content (AvgIpc) is 4.13. The predicted octanol–water partition coefficient (Wildman–Crippen LogP) is 7.38. The number of aromatic amines is 1. The lowest BCUT2D eigenvalue weighted by atomic mass is 9.90. The number of hydrogen-bond donors (Lipinski definition) is 4. The molecule has 22 heteroatoms. The summed E-state index contributed by atoms with van der Waals surface area (Å²) in [7, 11) is 2.46. The normalized spacial score (nSPS) is 19.5. The summed E-state index contributed by atoms with van der Waals surface area (Å²) >= 11 is 0. The molecule has 3 aliphatic heterocycles. The van der Waals surface area contributed by atoms with Gasteiger partial charge in [0.25, 0.3) is 5.91 Å². The van der Waals surface area contributed by atoms with Crippen LogP contribution in [-0.4, -0.2) is 143 Å². The molecule has 5 atom stereocenters. The smallest absolute Gasteiger partial charge is 0.453 e. The van der Waals surface area contributed by atoms with Crippen LogP contribution in [0.1, 0.15) is 90.0 Å². The Morgan fingerprint density at radius 2 is 1.43 bits per heavy atom. The van der Waals surface area contributed by atoms with Crippen LogP contribution in [0.5, 0.6) is 5.75 Å². The molecule has 1 unspecified atom stereocenters. The van der Waals surface area contributed by atoms with E-state index in [9.17, 15) is 41.9 Å². The number of aromatic nitrogens is 3. The van der Waals surface area contributed by atoms with Crippen LogP contribution >= 0.6 is 0 Å². The van der Waals surface area contributed by atoms with Gasteiger partial charge in [-0.1, -0.05) is 65.8 Å². The molecule has 398 valence electrons. The fourth-order valence-corrected chi connectivity index (χ4v) is 9.92. The number of likely N-dealkylation sites (tertiary alicyclic amines) is 2. The number of alkyl halides is 3. The van der Waals surface area contributed by atoms with E-state index >= 15 is 0 Å². The second-order valence-electron chi connectivity index (χ2n) is 20.5. The molecule has 3 aliphatic rings. The molecule has 0 radical (unpaired) electrons. The number of rotatable bonds is 14. The van der Waals surface area contributed by atoms with E-state index in [2.05, 4.69) is 49.5 Å². The van der Waals surface area contributed by atoms with Crippen molar-refractivity contribution >= 4 is 47.3 Å². The van der Waals surface area contributed by atoms with Crippen molar-refractivity contribution in [3.05, 3.63) is 78.4 Å². The maximum absolute atomic E-state index is 13.9. The largest absolute Gasteiger partial charge is 0.573 e. The Morgan fingerprint density at radius 3 is 2.01 bits per heavy atom. The van der Waals surface area contributed by atoms with Crippen LogP contribution in [0.3, 0.4) is 0 Å². The monoisotopic (exact) mass is 1030 g/mol. The molecule has 2 aromatic heterocycles. The van der Waals surface area contributed by atoms with E-state index in [1.54, 1.807) is 57.3 Å². The first-order chi connectivity index (χ1) is 35.0. The number of carbonyl (C=O) groups excluding carboxylic acids is 6. The zero-order valence-corrected chi connectivity index (χ0v) is 43.0. The number of nitrogens with one attached hydrogen (secondary N) is 4. The molecule has 0 saturated carbocycles. The highest BCUT2D eigenvalue weighted by molar-refractivity contribution is 6.05. The summed E-state index contributed by atoms with van der Waals surface area (Å²) < 4.78 is 55.5. The number of carbonyl (C=O) groups is 6. The van der Waals surface area contributed by atoms with E-state index in [1.807, 2.05) is 39.5 Å². The molecule has 0 spiro atoms. The number of nitrogens with zero attached hydrogens (tertiary/aromatic N) is 6. The van der Waals surface area contributed by atoms with Crippen LogP contribution in [0.25, 0.3) is 22.4 Å². The van der Waals surface area contributed by atoms with E-state index < -0.39 is 54.4 Å². The Hall–Kier alpha value is -7.39. The number of alkyl carbamates (subject to hydrolysis) is 2. The van der Waals surface area contributed by atoms with Gasteiger partial charge in [0.15, 0.2) is 0 Å². The summed E-state index contributed by atoms with van der Waals surface area (Å²) in [6.45, 7) is 15.3.